The van der Waals surface area contributed by atoms with Crippen molar-refractivity contribution in [3.05, 3.63) is 23.8 Å². The molecular weight excluding hydrogens is 226 g/mol. The average molecular weight is 237 g/mol. The van der Waals surface area contributed by atoms with Gasteiger partial charge in [0.1, 0.15) is 0 Å². The van der Waals surface area contributed by atoms with Crippen LogP contribution in [0.1, 0.15) is 21.0 Å². The first-order valence-electron chi connectivity index (χ1n) is 4.66. The Balaban J connectivity index is 2.93. The van der Waals surface area contributed by atoms with Gasteiger partial charge in [0.05, 0.1) is 6.54 Å². The lowest BCUT2D eigenvalue weighted by molar-refractivity contribution is -0.117. The van der Waals surface area contributed by atoms with Gasteiger partial charge in [0, 0.05) is 19.4 Å². The Bertz CT molecular complexity index is 460. The number of amides is 3. The van der Waals surface area contributed by atoms with Gasteiger partial charge in [-0.25, -0.2) is 9.97 Å². The number of nitrogens with one attached hydrogen (secondary N) is 2. The Morgan fingerprint density at radius 3 is 2.18 bits per heavy atom. The molecule has 0 saturated carbocycles. The fraction of sp³-hybridized carbons (Fsp3) is 0.222. The predicted molar refractivity (Wildman–Crippen MR) is 56.9 cm³/mol. The summed E-state index contributed by atoms with van der Waals surface area (Å²) in [6, 6.07) is 0. The van der Waals surface area contributed by atoms with E-state index in [0.29, 0.717) is 0 Å². The minimum absolute atomic E-state index is 0.114. The lowest BCUT2D eigenvalue weighted by Crippen LogP contribution is -2.35. The number of nitrogens with zero attached hydrogens (tertiary/aromatic N) is 2. The number of hydrogen-bond donors (Lipinski definition) is 3. The first-order valence-corrected chi connectivity index (χ1v) is 4.66. The number of hydrogen-bond acceptors (Lipinski definition) is 5. The second-order valence-corrected chi connectivity index (χ2v) is 2.98. The summed E-state index contributed by atoms with van der Waals surface area (Å²) in [6.07, 6.45) is 2.56. The largest absolute Gasteiger partial charge is 0.368 e. The van der Waals surface area contributed by atoms with Crippen LogP contribution in [-0.2, 0) is 4.79 Å². The number of rotatable bonds is 4. The topological polar surface area (TPSA) is 127 Å². The van der Waals surface area contributed by atoms with Gasteiger partial charge in [0.2, 0.25) is 5.91 Å². The summed E-state index contributed by atoms with van der Waals surface area (Å²) in [7, 11) is 1.40. The molecule has 8 heteroatoms. The van der Waals surface area contributed by atoms with Crippen LogP contribution in [0.25, 0.3) is 0 Å². The van der Waals surface area contributed by atoms with Crippen LogP contribution in [0.4, 0.5) is 0 Å². The van der Waals surface area contributed by atoms with Gasteiger partial charge in [-0.1, -0.05) is 0 Å². The molecule has 1 aromatic heterocycles. The third kappa shape index (κ3) is 3.23. The zero-order valence-corrected chi connectivity index (χ0v) is 9.06. The van der Waals surface area contributed by atoms with Crippen LogP contribution in [0.5, 0.6) is 0 Å². The van der Waals surface area contributed by atoms with E-state index in [1.165, 1.54) is 19.4 Å². The van der Waals surface area contributed by atoms with Gasteiger partial charge in [-0.2, -0.15) is 0 Å². The van der Waals surface area contributed by atoms with E-state index in [1.54, 1.807) is 0 Å². The second kappa shape index (κ2) is 5.54. The molecule has 0 aliphatic rings. The van der Waals surface area contributed by atoms with E-state index in [0.717, 1.165) is 0 Å². The molecule has 0 bridgehead atoms. The molecule has 1 aromatic rings. The summed E-state index contributed by atoms with van der Waals surface area (Å²) in [4.78, 5) is 41.0. The van der Waals surface area contributed by atoms with E-state index < -0.39 is 17.7 Å². The number of carbonyl (C=O) groups excluding carboxylic acids is 3. The third-order valence-electron chi connectivity index (χ3n) is 1.78. The summed E-state index contributed by atoms with van der Waals surface area (Å²) in [5.74, 6) is -1.92. The van der Waals surface area contributed by atoms with Gasteiger partial charge in [-0.05, 0) is 0 Å². The first kappa shape index (κ1) is 12.6. The SMILES string of the molecule is CNC(=O)c1nccnc1C(=O)NCC(N)=O. The van der Waals surface area contributed by atoms with Gasteiger partial charge < -0.3 is 16.4 Å². The molecule has 4 N–H and O–H groups in total. The van der Waals surface area contributed by atoms with Gasteiger partial charge in [-0.15, -0.1) is 0 Å². The lowest BCUT2D eigenvalue weighted by atomic mass is 10.2. The van der Waals surface area contributed by atoms with E-state index in [2.05, 4.69) is 20.6 Å². The number of aromatic nitrogens is 2. The molecule has 0 aliphatic heterocycles. The smallest absolute Gasteiger partial charge is 0.272 e. The minimum Gasteiger partial charge on any atom is -0.368 e. The monoisotopic (exact) mass is 237 g/mol. The summed E-state index contributed by atoms with van der Waals surface area (Å²) in [6.45, 7) is -0.331. The molecule has 17 heavy (non-hydrogen) atoms. The van der Waals surface area contributed by atoms with Gasteiger partial charge in [0.25, 0.3) is 11.8 Å². The molecule has 1 rings (SSSR count). The van der Waals surface area contributed by atoms with E-state index in [9.17, 15) is 14.4 Å². The zero-order chi connectivity index (χ0) is 12.8. The highest BCUT2D eigenvalue weighted by atomic mass is 16.2. The molecule has 3 amide bonds. The predicted octanol–water partition coefficient (Wildman–Crippen LogP) is -1.95. The van der Waals surface area contributed by atoms with Crippen molar-refractivity contribution in [2.24, 2.45) is 5.73 Å². The fourth-order valence-corrected chi connectivity index (χ4v) is 1.04. The molecular formula is C9H11N5O3. The van der Waals surface area contributed by atoms with Crippen molar-refractivity contribution in [1.29, 1.82) is 0 Å². The molecule has 0 aromatic carbocycles. The standard InChI is InChI=1S/C9H11N5O3/c1-11-8(16)6-7(13-3-2-12-6)9(17)14-4-5(10)15/h2-3H,4H2,1H3,(H2,10,15)(H,11,16)(H,14,17). The summed E-state index contributed by atoms with van der Waals surface area (Å²) >= 11 is 0. The second-order valence-electron chi connectivity index (χ2n) is 2.98. The van der Waals surface area contributed by atoms with Crippen LogP contribution in [-0.4, -0.2) is 41.3 Å². The summed E-state index contributed by atoms with van der Waals surface area (Å²) in [5, 5.41) is 4.55. The van der Waals surface area contributed by atoms with Crippen LogP contribution in [0.15, 0.2) is 12.4 Å². The van der Waals surface area contributed by atoms with Crippen molar-refractivity contribution in [3.8, 4) is 0 Å². The molecule has 0 fully saturated rings. The molecule has 0 spiro atoms. The number of carbonyl (C=O) groups is 3. The normalized spacial score (nSPS) is 9.47. The molecule has 8 nitrogen and oxygen atoms in total. The maximum Gasteiger partial charge on any atom is 0.272 e. The quantitative estimate of drug-likeness (QED) is 0.561. The van der Waals surface area contributed by atoms with Crippen molar-refractivity contribution in [2.45, 2.75) is 0 Å². The van der Waals surface area contributed by atoms with E-state index in [1.807, 2.05) is 0 Å². The average Bonchev–Trinajstić information content (AvgIpc) is 2.34. The Labute approximate surface area is 96.6 Å². The Hall–Kier alpha value is -2.51. The summed E-state index contributed by atoms with van der Waals surface area (Å²) in [5.41, 5.74) is 4.60. The highest BCUT2D eigenvalue weighted by Crippen LogP contribution is 2.01. The van der Waals surface area contributed by atoms with Crippen LogP contribution in [0.3, 0.4) is 0 Å². The number of nitrogens with two attached hydrogens (primary N) is 1. The molecule has 0 atom stereocenters. The lowest BCUT2D eigenvalue weighted by Gasteiger charge is -2.05. The van der Waals surface area contributed by atoms with Crippen molar-refractivity contribution in [1.82, 2.24) is 20.6 Å². The third-order valence-corrected chi connectivity index (χ3v) is 1.78. The van der Waals surface area contributed by atoms with Crippen LogP contribution < -0.4 is 16.4 Å². The summed E-state index contributed by atoms with van der Waals surface area (Å²) < 4.78 is 0. The molecule has 0 unspecified atom stereocenters. The zero-order valence-electron chi connectivity index (χ0n) is 9.06. The van der Waals surface area contributed by atoms with Gasteiger partial charge in [0.15, 0.2) is 11.4 Å². The Morgan fingerprint density at radius 2 is 1.71 bits per heavy atom. The maximum absolute atomic E-state index is 11.6. The van der Waals surface area contributed by atoms with Crippen molar-refractivity contribution < 1.29 is 14.4 Å². The van der Waals surface area contributed by atoms with Crippen molar-refractivity contribution in [3.63, 3.8) is 0 Å². The van der Waals surface area contributed by atoms with E-state index >= 15 is 0 Å². The fourth-order valence-electron chi connectivity index (χ4n) is 1.04. The van der Waals surface area contributed by atoms with Crippen molar-refractivity contribution in [2.75, 3.05) is 13.6 Å². The van der Waals surface area contributed by atoms with Gasteiger partial charge in [-0.3, -0.25) is 14.4 Å². The Morgan fingerprint density at radius 1 is 1.18 bits per heavy atom. The van der Waals surface area contributed by atoms with Crippen LogP contribution in [0.2, 0.25) is 0 Å². The maximum atomic E-state index is 11.6. The minimum atomic E-state index is -0.691. The van der Waals surface area contributed by atoms with Gasteiger partial charge >= 0.3 is 0 Å². The Kier molecular flexibility index (Phi) is 4.09. The van der Waals surface area contributed by atoms with Crippen LogP contribution >= 0.6 is 0 Å². The first-order chi connectivity index (χ1) is 8.06. The molecule has 0 aliphatic carbocycles. The molecule has 0 radical (unpaired) electrons. The van der Waals surface area contributed by atoms with Crippen molar-refractivity contribution >= 4 is 17.7 Å². The van der Waals surface area contributed by atoms with Crippen LogP contribution in [0, 0.1) is 0 Å². The van der Waals surface area contributed by atoms with E-state index in [4.69, 9.17) is 5.73 Å². The molecule has 1 heterocycles. The molecule has 0 saturated heterocycles. The van der Waals surface area contributed by atoms with E-state index in [-0.39, 0.29) is 17.9 Å². The highest BCUT2D eigenvalue weighted by molar-refractivity contribution is 6.05. The highest BCUT2D eigenvalue weighted by Gasteiger charge is 2.18. The number of primary amides is 1. The molecule has 90 valence electrons.